The molecule has 42 heavy (non-hydrogen) atoms. The van der Waals surface area contributed by atoms with E-state index in [4.69, 9.17) is 10.2 Å². The molecule has 0 aliphatic carbocycles. The van der Waals surface area contributed by atoms with Gasteiger partial charge in [0.25, 0.3) is 0 Å². The van der Waals surface area contributed by atoms with Crippen LogP contribution >= 0.6 is 0 Å². The molecule has 12 heteroatoms. The second-order valence-electron chi connectivity index (χ2n) is 9.66. The molecule has 6 rings (SSSR count). The number of nitrogen functional groups attached to an aromatic ring is 1. The second-order valence-corrected chi connectivity index (χ2v) is 9.66. The van der Waals surface area contributed by atoms with E-state index in [0.717, 1.165) is 12.1 Å². The Morgan fingerprint density at radius 2 is 1.76 bits per heavy atom. The van der Waals surface area contributed by atoms with E-state index in [-0.39, 0.29) is 50.8 Å². The number of rotatable bonds is 5. The van der Waals surface area contributed by atoms with E-state index in [1.165, 1.54) is 49.4 Å². The number of halogens is 3. The van der Waals surface area contributed by atoms with E-state index < -0.39 is 34.7 Å². The highest BCUT2D eigenvalue weighted by atomic mass is 19.1. The summed E-state index contributed by atoms with van der Waals surface area (Å²) in [5.41, 5.74) is 6.73. The lowest BCUT2D eigenvalue weighted by atomic mass is 9.95. The van der Waals surface area contributed by atoms with Crippen molar-refractivity contribution in [1.82, 2.24) is 20.2 Å². The third kappa shape index (κ3) is 4.52. The van der Waals surface area contributed by atoms with Gasteiger partial charge < -0.3 is 15.5 Å². The Kier molecular flexibility index (Phi) is 6.45. The van der Waals surface area contributed by atoms with Crippen molar-refractivity contribution in [2.24, 2.45) is 0 Å². The van der Waals surface area contributed by atoms with Gasteiger partial charge in [0.1, 0.15) is 45.8 Å². The van der Waals surface area contributed by atoms with Gasteiger partial charge >= 0.3 is 0 Å². The van der Waals surface area contributed by atoms with Crippen LogP contribution in [0.3, 0.4) is 0 Å². The van der Waals surface area contributed by atoms with Gasteiger partial charge in [-0.05, 0) is 48.9 Å². The van der Waals surface area contributed by atoms with E-state index >= 15 is 0 Å². The highest BCUT2D eigenvalue weighted by molar-refractivity contribution is 5.98. The predicted octanol–water partition coefficient (Wildman–Crippen LogP) is 5.90. The summed E-state index contributed by atoms with van der Waals surface area (Å²) in [4.78, 5) is 33.9. The minimum Gasteiger partial charge on any atom is -0.459 e. The SMILES string of the molecule is CC(=O)Nc1ccc(-c2[nH]nc3nc(C(C)c4oc5cccc(F)c5c(=O)c4-c4cccc(F)c4)nc(N)c23)cc1F. The third-order valence-electron chi connectivity index (χ3n) is 6.82. The molecule has 0 bridgehead atoms. The average molecular weight is 571 g/mol. The summed E-state index contributed by atoms with van der Waals surface area (Å²) in [7, 11) is 0. The Morgan fingerprint density at radius 1 is 0.976 bits per heavy atom. The number of hydrogen-bond donors (Lipinski definition) is 3. The summed E-state index contributed by atoms with van der Waals surface area (Å²) in [5, 5.41) is 9.49. The van der Waals surface area contributed by atoms with Crippen LogP contribution in [0.2, 0.25) is 0 Å². The molecule has 3 aromatic carbocycles. The maximum absolute atomic E-state index is 14.7. The zero-order valence-electron chi connectivity index (χ0n) is 22.1. The molecule has 1 amide bonds. The molecule has 0 spiro atoms. The lowest BCUT2D eigenvalue weighted by Crippen LogP contribution is -2.14. The number of fused-ring (bicyclic) bond motifs is 2. The van der Waals surface area contributed by atoms with E-state index in [9.17, 15) is 22.8 Å². The van der Waals surface area contributed by atoms with Crippen LogP contribution in [0, 0.1) is 17.5 Å². The van der Waals surface area contributed by atoms with Crippen LogP contribution in [-0.4, -0.2) is 26.1 Å². The number of nitrogens with two attached hydrogens (primary N) is 1. The Labute approximate surface area is 235 Å². The van der Waals surface area contributed by atoms with Crippen LogP contribution in [0.4, 0.5) is 24.7 Å². The predicted molar refractivity (Wildman–Crippen MR) is 151 cm³/mol. The summed E-state index contributed by atoms with van der Waals surface area (Å²) in [5.74, 6) is -3.04. The number of anilines is 2. The number of hydrogen-bond acceptors (Lipinski definition) is 7. The van der Waals surface area contributed by atoms with Gasteiger partial charge in [0.15, 0.2) is 5.65 Å². The molecule has 6 aromatic rings. The fourth-order valence-corrected chi connectivity index (χ4v) is 4.89. The Morgan fingerprint density at radius 3 is 2.50 bits per heavy atom. The van der Waals surface area contributed by atoms with Gasteiger partial charge in [0.2, 0.25) is 11.3 Å². The van der Waals surface area contributed by atoms with Crippen LogP contribution in [0.25, 0.3) is 44.4 Å². The number of carbonyl (C=O) groups is 1. The minimum atomic E-state index is -0.815. The lowest BCUT2D eigenvalue weighted by molar-refractivity contribution is -0.114. The molecule has 0 saturated heterocycles. The van der Waals surface area contributed by atoms with Crippen molar-refractivity contribution in [2.75, 3.05) is 11.1 Å². The molecular weight excluding hydrogens is 549 g/mol. The molecule has 0 saturated carbocycles. The van der Waals surface area contributed by atoms with Gasteiger partial charge in [0, 0.05) is 12.5 Å². The summed E-state index contributed by atoms with van der Waals surface area (Å²) >= 11 is 0. The number of benzene rings is 3. The van der Waals surface area contributed by atoms with Crippen molar-refractivity contribution in [3.63, 3.8) is 0 Å². The van der Waals surface area contributed by atoms with E-state index in [1.54, 1.807) is 13.0 Å². The van der Waals surface area contributed by atoms with Crippen LogP contribution in [0.1, 0.15) is 31.4 Å². The molecule has 0 fully saturated rings. The maximum Gasteiger partial charge on any atom is 0.221 e. The van der Waals surface area contributed by atoms with E-state index in [0.29, 0.717) is 16.6 Å². The van der Waals surface area contributed by atoms with Gasteiger partial charge in [-0.3, -0.25) is 14.7 Å². The van der Waals surface area contributed by atoms with Gasteiger partial charge in [-0.2, -0.15) is 5.10 Å². The van der Waals surface area contributed by atoms with E-state index in [1.807, 2.05) is 0 Å². The Balaban J connectivity index is 1.49. The smallest absolute Gasteiger partial charge is 0.221 e. The van der Waals surface area contributed by atoms with Crippen LogP contribution in [0.15, 0.2) is 69.9 Å². The molecule has 0 aliphatic heterocycles. The molecule has 1 unspecified atom stereocenters. The van der Waals surface area contributed by atoms with Gasteiger partial charge in [-0.25, -0.2) is 23.1 Å². The van der Waals surface area contributed by atoms with Crippen molar-refractivity contribution >= 4 is 39.4 Å². The highest BCUT2D eigenvalue weighted by Gasteiger charge is 2.27. The number of amides is 1. The van der Waals surface area contributed by atoms with Crippen molar-refractivity contribution in [3.05, 3.63) is 99.9 Å². The lowest BCUT2D eigenvalue weighted by Gasteiger charge is -2.16. The quantitative estimate of drug-likeness (QED) is 0.234. The summed E-state index contributed by atoms with van der Waals surface area (Å²) in [6.45, 7) is 2.94. The fourth-order valence-electron chi connectivity index (χ4n) is 4.89. The number of H-pyrrole nitrogens is 1. The molecule has 3 heterocycles. The molecular formula is C30H21F3N6O3. The van der Waals surface area contributed by atoms with E-state index in [2.05, 4.69) is 25.5 Å². The second kappa shape index (κ2) is 10.1. The van der Waals surface area contributed by atoms with Crippen molar-refractivity contribution in [1.29, 1.82) is 0 Å². The number of nitrogens with one attached hydrogen (secondary N) is 2. The number of aromatic nitrogens is 4. The summed E-state index contributed by atoms with van der Waals surface area (Å²) < 4.78 is 49.6. The average Bonchev–Trinajstić information content (AvgIpc) is 3.38. The number of nitrogens with zero attached hydrogens (tertiary/aromatic N) is 3. The summed E-state index contributed by atoms with van der Waals surface area (Å²) in [6, 6.07) is 13.5. The number of aromatic amines is 1. The van der Waals surface area contributed by atoms with Crippen LogP contribution in [-0.2, 0) is 4.79 Å². The molecule has 0 aliphatic rings. The molecule has 210 valence electrons. The highest BCUT2D eigenvalue weighted by Crippen LogP contribution is 2.36. The first-order chi connectivity index (χ1) is 20.1. The Bertz CT molecular complexity index is 2110. The van der Waals surface area contributed by atoms with Crippen molar-refractivity contribution in [3.8, 4) is 22.4 Å². The molecule has 9 nitrogen and oxygen atoms in total. The van der Waals surface area contributed by atoms with Crippen LogP contribution < -0.4 is 16.5 Å². The number of carbonyl (C=O) groups excluding carboxylic acids is 1. The molecule has 4 N–H and O–H groups in total. The first-order valence-corrected chi connectivity index (χ1v) is 12.7. The normalized spacial score (nSPS) is 12.1. The molecule has 1 atom stereocenters. The van der Waals surface area contributed by atoms with Gasteiger partial charge in [-0.15, -0.1) is 0 Å². The third-order valence-corrected chi connectivity index (χ3v) is 6.82. The zero-order valence-corrected chi connectivity index (χ0v) is 22.1. The largest absolute Gasteiger partial charge is 0.459 e. The maximum atomic E-state index is 14.7. The standard InChI is InChI=1S/C30H21F3N6O3/c1-13(27-22(15-5-3-6-17(31)11-15)26(41)23-18(32)7-4-8-21(23)42-27)29-36-28(34)24-25(38-39-30(24)37-29)16-9-10-20(19(33)12-16)35-14(2)40/h3-13H,1-2H3,(H,35,40)(H3,34,36,37,38,39). The molecule has 0 radical (unpaired) electrons. The molecule has 3 aromatic heterocycles. The van der Waals surface area contributed by atoms with Crippen LogP contribution in [0.5, 0.6) is 0 Å². The van der Waals surface area contributed by atoms with Crippen molar-refractivity contribution in [2.45, 2.75) is 19.8 Å². The zero-order chi connectivity index (χ0) is 29.7. The van der Waals surface area contributed by atoms with Gasteiger partial charge in [0.05, 0.1) is 28.2 Å². The monoisotopic (exact) mass is 570 g/mol. The van der Waals surface area contributed by atoms with Gasteiger partial charge in [-0.1, -0.05) is 24.3 Å². The Hall–Kier alpha value is -5.52. The first kappa shape index (κ1) is 26.7. The minimum absolute atomic E-state index is 0.00263. The van der Waals surface area contributed by atoms with Crippen molar-refractivity contribution < 1.29 is 22.4 Å². The topological polar surface area (TPSA) is 140 Å². The first-order valence-electron chi connectivity index (χ1n) is 12.7. The fraction of sp³-hybridized carbons (Fsp3) is 0.100. The summed E-state index contributed by atoms with van der Waals surface area (Å²) in [6.07, 6.45) is 0.